The van der Waals surface area contributed by atoms with Gasteiger partial charge >= 0.3 is 6.03 Å². The number of nitrogens with zero attached hydrogens (tertiary/aromatic N) is 4. The number of aromatic nitrogens is 2. The predicted octanol–water partition coefficient (Wildman–Crippen LogP) is 4.58. The van der Waals surface area contributed by atoms with E-state index >= 15 is 0 Å². The molecule has 0 radical (unpaired) electrons. The van der Waals surface area contributed by atoms with Crippen LogP contribution in [0.2, 0.25) is 5.28 Å². The Bertz CT molecular complexity index is 787. The largest absolute Gasteiger partial charge is 0.330 e. The van der Waals surface area contributed by atoms with Crippen molar-refractivity contribution in [3.05, 3.63) is 46.9 Å². The number of urea groups is 1. The number of anilines is 2. The number of amides is 2. The van der Waals surface area contributed by atoms with Crippen molar-refractivity contribution in [2.24, 2.45) is 0 Å². The van der Waals surface area contributed by atoms with Crippen LogP contribution in [0.4, 0.5) is 16.3 Å². The lowest BCUT2D eigenvalue weighted by Crippen LogP contribution is -2.51. The van der Waals surface area contributed by atoms with E-state index in [1.165, 1.54) is 5.56 Å². The van der Waals surface area contributed by atoms with Gasteiger partial charge in [0.05, 0.1) is 6.54 Å². The van der Waals surface area contributed by atoms with Crippen molar-refractivity contribution in [2.75, 3.05) is 9.80 Å². The van der Waals surface area contributed by atoms with E-state index in [2.05, 4.69) is 29.0 Å². The molecule has 0 saturated heterocycles. The van der Waals surface area contributed by atoms with Gasteiger partial charge in [0.25, 0.3) is 0 Å². The van der Waals surface area contributed by atoms with E-state index in [9.17, 15) is 4.79 Å². The summed E-state index contributed by atoms with van der Waals surface area (Å²) < 4.78 is 0. The highest BCUT2D eigenvalue weighted by atomic mass is 35.5. The molecule has 25 heavy (non-hydrogen) atoms. The second-order valence-corrected chi connectivity index (χ2v) is 7.02. The van der Waals surface area contributed by atoms with Gasteiger partial charge in [-0.2, -0.15) is 4.98 Å². The Balaban J connectivity index is 1.75. The molecular formula is C19H21ClN4O. The average Bonchev–Trinajstić information content (AvgIpc) is 3.15. The molecule has 0 N–H and O–H groups in total. The summed E-state index contributed by atoms with van der Waals surface area (Å²) >= 11 is 6.01. The van der Waals surface area contributed by atoms with Crippen molar-refractivity contribution in [2.45, 2.75) is 51.6 Å². The van der Waals surface area contributed by atoms with Crippen LogP contribution in [0, 0.1) is 0 Å². The van der Waals surface area contributed by atoms with E-state index < -0.39 is 0 Å². The third kappa shape index (κ3) is 2.97. The van der Waals surface area contributed by atoms with E-state index in [-0.39, 0.29) is 17.4 Å². The number of hydrogen-bond donors (Lipinski definition) is 0. The zero-order chi connectivity index (χ0) is 17.4. The number of carbonyl (C=O) groups is 1. The maximum absolute atomic E-state index is 13.3. The average molecular weight is 357 g/mol. The Kier molecular flexibility index (Phi) is 4.34. The molecule has 1 fully saturated rings. The third-order valence-electron chi connectivity index (χ3n) is 5.15. The number of hydrogen-bond acceptors (Lipinski definition) is 3. The Hall–Kier alpha value is -2.14. The molecule has 4 rings (SSSR count). The molecule has 0 unspecified atom stereocenters. The van der Waals surface area contributed by atoms with Gasteiger partial charge in [-0.15, -0.1) is 0 Å². The lowest BCUT2D eigenvalue weighted by Gasteiger charge is -2.39. The summed E-state index contributed by atoms with van der Waals surface area (Å²) in [6, 6.07) is 8.37. The van der Waals surface area contributed by atoms with Crippen LogP contribution in [-0.4, -0.2) is 22.0 Å². The molecule has 130 valence electrons. The van der Waals surface area contributed by atoms with Crippen molar-refractivity contribution in [3.8, 4) is 0 Å². The zero-order valence-corrected chi connectivity index (χ0v) is 15.0. The lowest BCUT2D eigenvalue weighted by molar-refractivity contribution is 0.247. The Labute approximate surface area is 152 Å². The fourth-order valence-electron chi connectivity index (χ4n) is 3.76. The highest BCUT2D eigenvalue weighted by Gasteiger charge is 2.38. The third-order valence-corrected chi connectivity index (χ3v) is 5.33. The van der Waals surface area contributed by atoms with Gasteiger partial charge in [-0.1, -0.05) is 31.9 Å². The first-order chi connectivity index (χ1) is 12.2. The van der Waals surface area contributed by atoms with Crippen molar-refractivity contribution < 1.29 is 4.79 Å². The maximum atomic E-state index is 13.3. The molecule has 1 aromatic heterocycles. The molecule has 1 saturated carbocycles. The van der Waals surface area contributed by atoms with Crippen LogP contribution in [0.1, 0.15) is 43.7 Å². The molecule has 2 heterocycles. The van der Waals surface area contributed by atoms with Gasteiger partial charge in [0.15, 0.2) is 0 Å². The van der Waals surface area contributed by atoms with Gasteiger partial charge in [0.2, 0.25) is 5.28 Å². The minimum Gasteiger partial charge on any atom is -0.289 e. The van der Waals surface area contributed by atoms with Gasteiger partial charge in [-0.05, 0) is 48.6 Å². The fourth-order valence-corrected chi connectivity index (χ4v) is 3.89. The molecule has 1 aliphatic heterocycles. The van der Waals surface area contributed by atoms with Crippen LogP contribution in [0.15, 0.2) is 30.5 Å². The summed E-state index contributed by atoms with van der Waals surface area (Å²) in [6.45, 7) is 2.60. The molecule has 2 aliphatic rings. The highest BCUT2D eigenvalue weighted by Crippen LogP contribution is 2.36. The Morgan fingerprint density at radius 2 is 1.92 bits per heavy atom. The molecule has 0 bridgehead atoms. The maximum Gasteiger partial charge on any atom is 0.330 e. The summed E-state index contributed by atoms with van der Waals surface area (Å²) in [6.07, 6.45) is 7.04. The van der Waals surface area contributed by atoms with Crippen LogP contribution in [0.25, 0.3) is 0 Å². The van der Waals surface area contributed by atoms with Gasteiger partial charge < -0.3 is 0 Å². The quantitative estimate of drug-likeness (QED) is 0.756. The number of fused-ring (bicyclic) bond motifs is 1. The number of halogens is 1. The van der Waals surface area contributed by atoms with Gasteiger partial charge in [0, 0.05) is 23.5 Å². The molecule has 1 aliphatic carbocycles. The highest BCUT2D eigenvalue weighted by molar-refractivity contribution is 6.28. The summed E-state index contributed by atoms with van der Waals surface area (Å²) in [5.74, 6) is 0.679. The minimum absolute atomic E-state index is 0.0154. The molecule has 2 amide bonds. The molecular weight excluding hydrogens is 336 g/mol. The van der Waals surface area contributed by atoms with Gasteiger partial charge in [-0.25, -0.2) is 9.78 Å². The standard InChI is InChI=1S/C19H21ClN4O/c1-2-13-7-9-15(10-8-13)23-12-14-11-21-18(20)22-17(14)24(19(23)25)16-5-3-4-6-16/h7-11,16H,2-6,12H2,1H3. The molecule has 0 atom stereocenters. The molecule has 0 spiro atoms. The first-order valence-corrected chi connectivity index (χ1v) is 9.26. The van der Waals surface area contributed by atoms with E-state index in [0.29, 0.717) is 12.4 Å². The van der Waals surface area contributed by atoms with Crippen molar-refractivity contribution in [1.82, 2.24) is 9.97 Å². The van der Waals surface area contributed by atoms with Crippen LogP contribution in [0.5, 0.6) is 0 Å². The number of carbonyl (C=O) groups excluding carboxylic acids is 1. The topological polar surface area (TPSA) is 49.3 Å². The normalized spacial score (nSPS) is 17.9. The molecule has 5 nitrogen and oxygen atoms in total. The van der Waals surface area contributed by atoms with Crippen molar-refractivity contribution >= 4 is 29.1 Å². The Morgan fingerprint density at radius 3 is 2.60 bits per heavy atom. The Morgan fingerprint density at radius 1 is 1.20 bits per heavy atom. The van der Waals surface area contributed by atoms with Gasteiger partial charge in [0.1, 0.15) is 5.82 Å². The van der Waals surface area contributed by atoms with Crippen LogP contribution < -0.4 is 9.80 Å². The van der Waals surface area contributed by atoms with Crippen molar-refractivity contribution in [1.29, 1.82) is 0 Å². The lowest BCUT2D eigenvalue weighted by atomic mass is 10.1. The monoisotopic (exact) mass is 356 g/mol. The van der Waals surface area contributed by atoms with E-state index in [4.69, 9.17) is 11.6 Å². The molecule has 2 aromatic rings. The molecule has 6 heteroatoms. The second-order valence-electron chi connectivity index (χ2n) is 6.68. The first-order valence-electron chi connectivity index (χ1n) is 8.88. The SMILES string of the molecule is CCc1ccc(N2Cc3cnc(Cl)nc3N(C3CCCC3)C2=O)cc1. The van der Waals surface area contributed by atoms with Crippen LogP contribution >= 0.6 is 11.6 Å². The minimum atomic E-state index is -0.0154. The summed E-state index contributed by atoms with van der Waals surface area (Å²) in [7, 11) is 0. The fraction of sp³-hybridized carbons (Fsp3) is 0.421. The summed E-state index contributed by atoms with van der Waals surface area (Å²) in [4.78, 5) is 25.4. The van der Waals surface area contributed by atoms with E-state index in [0.717, 1.165) is 43.4 Å². The number of benzene rings is 1. The number of rotatable bonds is 3. The summed E-state index contributed by atoms with van der Waals surface area (Å²) in [5, 5.41) is 0.190. The van der Waals surface area contributed by atoms with E-state index in [1.807, 2.05) is 21.9 Å². The van der Waals surface area contributed by atoms with Crippen LogP contribution in [0.3, 0.4) is 0 Å². The van der Waals surface area contributed by atoms with E-state index in [1.54, 1.807) is 6.20 Å². The zero-order valence-electron chi connectivity index (χ0n) is 14.3. The number of aryl methyl sites for hydroxylation is 1. The predicted molar refractivity (Wildman–Crippen MR) is 99.2 cm³/mol. The second kappa shape index (κ2) is 6.64. The summed E-state index contributed by atoms with van der Waals surface area (Å²) in [5.41, 5.74) is 3.11. The van der Waals surface area contributed by atoms with Crippen LogP contribution in [-0.2, 0) is 13.0 Å². The smallest absolute Gasteiger partial charge is 0.289 e. The van der Waals surface area contributed by atoms with Crippen molar-refractivity contribution in [3.63, 3.8) is 0 Å². The van der Waals surface area contributed by atoms with Gasteiger partial charge in [-0.3, -0.25) is 9.80 Å². The molecule has 1 aromatic carbocycles. The first kappa shape index (κ1) is 16.3.